The number of carbonyl (C=O) groups excluding carboxylic acids is 2. The van der Waals surface area contributed by atoms with Gasteiger partial charge >= 0.3 is 0 Å². The zero-order valence-electron chi connectivity index (χ0n) is 15.0. The lowest BCUT2D eigenvalue weighted by Gasteiger charge is -2.22. The third-order valence-corrected chi connectivity index (χ3v) is 4.58. The monoisotopic (exact) mass is 358 g/mol. The van der Waals surface area contributed by atoms with E-state index in [0.717, 1.165) is 11.3 Å². The van der Waals surface area contributed by atoms with Crippen LogP contribution in [-0.2, 0) is 11.3 Å². The molecule has 2 aromatic rings. The molecule has 2 amide bonds. The molecular formula is C19H23FN4O2. The molecule has 0 aliphatic carbocycles. The Labute approximate surface area is 152 Å². The number of rotatable bonds is 4. The third-order valence-electron chi connectivity index (χ3n) is 4.58. The van der Waals surface area contributed by atoms with Crippen molar-refractivity contribution in [3.05, 3.63) is 53.1 Å². The fraction of sp³-hybridized carbons (Fsp3) is 0.421. The standard InChI is InChI=1S/C19H23FN4O2/c1-13(2)16-11-17(22-21-16)19(26)23-7-6-18(25)24(9-8-23)12-14-4-3-5-15(20)10-14/h3-5,10-11,13H,6-9,12H2,1-2H3,(H,21,22). The lowest BCUT2D eigenvalue weighted by molar-refractivity contribution is -0.130. The van der Waals surface area contributed by atoms with Gasteiger partial charge in [-0.1, -0.05) is 26.0 Å². The molecule has 6 nitrogen and oxygen atoms in total. The predicted molar refractivity (Wildman–Crippen MR) is 95.0 cm³/mol. The van der Waals surface area contributed by atoms with Crippen molar-refractivity contribution >= 4 is 11.8 Å². The number of amides is 2. The molecule has 138 valence electrons. The number of hydrogen-bond acceptors (Lipinski definition) is 3. The second-order valence-electron chi connectivity index (χ2n) is 6.85. The summed E-state index contributed by atoms with van der Waals surface area (Å²) >= 11 is 0. The van der Waals surface area contributed by atoms with Gasteiger partial charge in [0.1, 0.15) is 11.5 Å². The molecule has 0 unspecified atom stereocenters. The number of benzene rings is 1. The van der Waals surface area contributed by atoms with E-state index in [0.29, 0.717) is 31.9 Å². The van der Waals surface area contributed by atoms with Gasteiger partial charge in [-0.2, -0.15) is 5.10 Å². The molecule has 0 radical (unpaired) electrons. The van der Waals surface area contributed by atoms with Gasteiger partial charge in [0.25, 0.3) is 5.91 Å². The largest absolute Gasteiger partial charge is 0.337 e. The van der Waals surface area contributed by atoms with Crippen molar-refractivity contribution in [1.82, 2.24) is 20.0 Å². The van der Waals surface area contributed by atoms with E-state index in [1.54, 1.807) is 28.0 Å². The van der Waals surface area contributed by atoms with Gasteiger partial charge in [0.15, 0.2) is 0 Å². The van der Waals surface area contributed by atoms with E-state index < -0.39 is 0 Å². The molecule has 0 bridgehead atoms. The maximum absolute atomic E-state index is 13.3. The Morgan fingerprint density at radius 3 is 2.77 bits per heavy atom. The highest BCUT2D eigenvalue weighted by molar-refractivity contribution is 5.93. The topological polar surface area (TPSA) is 69.3 Å². The van der Waals surface area contributed by atoms with Gasteiger partial charge in [-0.25, -0.2) is 4.39 Å². The van der Waals surface area contributed by atoms with Gasteiger partial charge in [0, 0.05) is 38.3 Å². The minimum absolute atomic E-state index is 0.0329. The number of carbonyl (C=O) groups is 2. The van der Waals surface area contributed by atoms with Crippen LogP contribution in [0.4, 0.5) is 4.39 Å². The summed E-state index contributed by atoms with van der Waals surface area (Å²) in [6, 6.07) is 8.00. The Bertz CT molecular complexity index is 802. The summed E-state index contributed by atoms with van der Waals surface area (Å²) in [4.78, 5) is 28.4. The Morgan fingerprint density at radius 1 is 1.27 bits per heavy atom. The fourth-order valence-corrected chi connectivity index (χ4v) is 3.00. The number of aromatic nitrogens is 2. The fourth-order valence-electron chi connectivity index (χ4n) is 3.00. The summed E-state index contributed by atoms with van der Waals surface area (Å²) in [6.45, 7) is 5.61. The highest BCUT2D eigenvalue weighted by Gasteiger charge is 2.26. The van der Waals surface area contributed by atoms with Crippen LogP contribution in [0.3, 0.4) is 0 Å². The predicted octanol–water partition coefficient (Wildman–Crippen LogP) is 2.55. The summed E-state index contributed by atoms with van der Waals surface area (Å²) in [5.74, 6) is -0.263. The van der Waals surface area contributed by atoms with Gasteiger partial charge in [-0.05, 0) is 29.7 Å². The first-order valence-corrected chi connectivity index (χ1v) is 8.81. The van der Waals surface area contributed by atoms with Crippen LogP contribution >= 0.6 is 0 Å². The summed E-state index contributed by atoms with van der Waals surface area (Å²) < 4.78 is 13.3. The molecule has 1 N–H and O–H groups in total. The molecule has 1 aromatic heterocycles. The molecule has 7 heteroatoms. The van der Waals surface area contributed by atoms with Crippen LogP contribution < -0.4 is 0 Å². The average Bonchev–Trinajstić information content (AvgIpc) is 3.03. The lowest BCUT2D eigenvalue weighted by Crippen LogP contribution is -2.35. The second kappa shape index (κ2) is 7.68. The average molecular weight is 358 g/mol. The molecule has 1 aliphatic rings. The Hall–Kier alpha value is -2.70. The maximum atomic E-state index is 13.3. The first-order valence-electron chi connectivity index (χ1n) is 8.81. The van der Waals surface area contributed by atoms with Crippen molar-refractivity contribution in [3.8, 4) is 0 Å². The molecule has 0 atom stereocenters. The van der Waals surface area contributed by atoms with Crippen molar-refractivity contribution in [1.29, 1.82) is 0 Å². The Balaban J connectivity index is 1.66. The van der Waals surface area contributed by atoms with Crippen molar-refractivity contribution in [2.75, 3.05) is 19.6 Å². The van der Waals surface area contributed by atoms with Gasteiger partial charge in [0.05, 0.1) is 0 Å². The van der Waals surface area contributed by atoms with Crippen LogP contribution in [0.5, 0.6) is 0 Å². The SMILES string of the molecule is CC(C)c1cc(C(=O)N2CCC(=O)N(Cc3cccc(F)c3)CC2)n[nH]1. The summed E-state index contributed by atoms with van der Waals surface area (Å²) in [6.07, 6.45) is 0.252. The van der Waals surface area contributed by atoms with Crippen LogP contribution in [-0.4, -0.2) is 51.4 Å². The molecule has 1 fully saturated rings. The van der Waals surface area contributed by atoms with Crippen molar-refractivity contribution in [2.24, 2.45) is 0 Å². The molecule has 2 heterocycles. The van der Waals surface area contributed by atoms with Crippen molar-refractivity contribution in [3.63, 3.8) is 0 Å². The molecule has 0 spiro atoms. The molecule has 0 saturated carbocycles. The number of halogens is 1. The van der Waals surface area contributed by atoms with E-state index >= 15 is 0 Å². The van der Waals surface area contributed by atoms with Crippen LogP contribution in [0.25, 0.3) is 0 Å². The van der Waals surface area contributed by atoms with E-state index in [4.69, 9.17) is 0 Å². The van der Waals surface area contributed by atoms with Crippen molar-refractivity contribution < 1.29 is 14.0 Å². The highest BCUT2D eigenvalue weighted by atomic mass is 19.1. The van der Waals surface area contributed by atoms with Gasteiger partial charge < -0.3 is 9.80 Å². The molecular weight excluding hydrogens is 335 g/mol. The summed E-state index contributed by atoms with van der Waals surface area (Å²) in [7, 11) is 0. The zero-order chi connectivity index (χ0) is 18.7. The van der Waals surface area contributed by atoms with Crippen LogP contribution in [0.1, 0.15) is 47.9 Å². The molecule has 1 aromatic carbocycles. The first kappa shape index (κ1) is 18.1. The van der Waals surface area contributed by atoms with Crippen LogP contribution in [0.15, 0.2) is 30.3 Å². The quantitative estimate of drug-likeness (QED) is 0.913. The number of aromatic amines is 1. The number of nitrogens with one attached hydrogen (secondary N) is 1. The van der Waals surface area contributed by atoms with Crippen LogP contribution in [0.2, 0.25) is 0 Å². The zero-order valence-corrected chi connectivity index (χ0v) is 15.0. The summed E-state index contributed by atoms with van der Waals surface area (Å²) in [5, 5.41) is 6.99. The van der Waals surface area contributed by atoms with E-state index in [2.05, 4.69) is 10.2 Å². The van der Waals surface area contributed by atoms with E-state index in [9.17, 15) is 14.0 Å². The maximum Gasteiger partial charge on any atom is 0.274 e. The van der Waals surface area contributed by atoms with E-state index in [1.165, 1.54) is 12.1 Å². The Kier molecular flexibility index (Phi) is 5.35. The van der Waals surface area contributed by atoms with Crippen LogP contribution in [0, 0.1) is 5.82 Å². The first-order chi connectivity index (χ1) is 12.4. The minimum Gasteiger partial charge on any atom is -0.337 e. The number of hydrogen-bond donors (Lipinski definition) is 1. The summed E-state index contributed by atoms with van der Waals surface area (Å²) in [5.41, 5.74) is 2.03. The third kappa shape index (κ3) is 4.09. The second-order valence-corrected chi connectivity index (χ2v) is 6.85. The van der Waals surface area contributed by atoms with Crippen molar-refractivity contribution in [2.45, 2.75) is 32.7 Å². The normalized spacial score (nSPS) is 15.5. The highest BCUT2D eigenvalue weighted by Crippen LogP contribution is 2.16. The molecule has 26 heavy (non-hydrogen) atoms. The molecule has 3 rings (SSSR count). The molecule has 1 aliphatic heterocycles. The van der Waals surface area contributed by atoms with Gasteiger partial charge in [0.2, 0.25) is 5.91 Å². The van der Waals surface area contributed by atoms with Gasteiger partial charge in [-0.3, -0.25) is 14.7 Å². The smallest absolute Gasteiger partial charge is 0.274 e. The lowest BCUT2D eigenvalue weighted by atomic mass is 10.1. The number of nitrogens with zero attached hydrogens (tertiary/aromatic N) is 3. The molecule has 1 saturated heterocycles. The van der Waals surface area contributed by atoms with E-state index in [1.807, 2.05) is 13.8 Å². The van der Waals surface area contributed by atoms with Gasteiger partial charge in [-0.15, -0.1) is 0 Å². The van der Waals surface area contributed by atoms with E-state index in [-0.39, 0.29) is 30.0 Å². The number of H-pyrrole nitrogens is 1. The Morgan fingerprint density at radius 2 is 2.08 bits per heavy atom. The minimum atomic E-state index is -0.318.